The maximum absolute atomic E-state index is 13.0. The number of aliphatic carboxylic acids is 1. The average molecular weight is 437 g/mol. The summed E-state index contributed by atoms with van der Waals surface area (Å²) < 4.78 is 5.56. The van der Waals surface area contributed by atoms with E-state index in [1.165, 1.54) is 0 Å². The molecule has 2 amide bonds. The summed E-state index contributed by atoms with van der Waals surface area (Å²) in [5.41, 5.74) is 3.32. The molecule has 7 heteroatoms. The van der Waals surface area contributed by atoms with Crippen LogP contribution in [0.25, 0.3) is 11.1 Å². The summed E-state index contributed by atoms with van der Waals surface area (Å²) in [6.45, 7) is 3.53. The molecule has 2 aliphatic rings. The van der Waals surface area contributed by atoms with Crippen molar-refractivity contribution < 1.29 is 24.2 Å². The monoisotopic (exact) mass is 436 g/mol. The molecule has 2 N–H and O–H groups in total. The molecule has 4 rings (SSSR count). The van der Waals surface area contributed by atoms with Gasteiger partial charge in [0.05, 0.1) is 6.42 Å². The zero-order valence-electron chi connectivity index (χ0n) is 18.3. The maximum atomic E-state index is 13.0. The summed E-state index contributed by atoms with van der Waals surface area (Å²) in [4.78, 5) is 38.2. The first-order valence-corrected chi connectivity index (χ1v) is 10.9. The van der Waals surface area contributed by atoms with E-state index in [-0.39, 0.29) is 37.4 Å². The van der Waals surface area contributed by atoms with E-state index in [0.29, 0.717) is 0 Å². The van der Waals surface area contributed by atoms with E-state index in [9.17, 15) is 14.4 Å². The van der Waals surface area contributed by atoms with Crippen molar-refractivity contribution in [3.63, 3.8) is 0 Å². The first kappa shape index (κ1) is 21.9. The molecule has 1 saturated carbocycles. The summed E-state index contributed by atoms with van der Waals surface area (Å²) in [6.07, 6.45) is 0.918. The SMILES string of the molecule is CC(C)(NC(=O)OCC1c2ccccc2-c2ccccc21)C(=O)N(CCC(=O)O)C1CC1. The first-order valence-electron chi connectivity index (χ1n) is 10.9. The van der Waals surface area contributed by atoms with Crippen molar-refractivity contribution in [3.05, 3.63) is 59.7 Å². The second-order valence-electron chi connectivity index (χ2n) is 8.95. The van der Waals surface area contributed by atoms with E-state index in [4.69, 9.17) is 9.84 Å². The van der Waals surface area contributed by atoms with Crippen LogP contribution < -0.4 is 5.32 Å². The van der Waals surface area contributed by atoms with Gasteiger partial charge < -0.3 is 20.1 Å². The Labute approximate surface area is 187 Å². The number of ether oxygens (including phenoxy) is 1. The van der Waals surface area contributed by atoms with Crippen molar-refractivity contribution in [2.45, 2.75) is 50.6 Å². The molecule has 168 valence electrons. The lowest BCUT2D eigenvalue weighted by molar-refractivity contribution is -0.140. The van der Waals surface area contributed by atoms with Gasteiger partial charge in [-0.15, -0.1) is 0 Å². The Kier molecular flexibility index (Phi) is 5.91. The van der Waals surface area contributed by atoms with Gasteiger partial charge in [-0.1, -0.05) is 48.5 Å². The van der Waals surface area contributed by atoms with Crippen LogP contribution >= 0.6 is 0 Å². The van der Waals surface area contributed by atoms with E-state index in [0.717, 1.165) is 35.1 Å². The van der Waals surface area contributed by atoms with Crippen LogP contribution in [0.1, 0.15) is 50.2 Å². The molecule has 0 aliphatic heterocycles. The van der Waals surface area contributed by atoms with Crippen LogP contribution in [-0.2, 0) is 14.3 Å². The van der Waals surface area contributed by atoms with Crippen LogP contribution in [0.5, 0.6) is 0 Å². The third-order valence-electron chi connectivity index (χ3n) is 6.11. The van der Waals surface area contributed by atoms with Gasteiger partial charge in [-0.05, 0) is 48.9 Å². The minimum Gasteiger partial charge on any atom is -0.481 e. The van der Waals surface area contributed by atoms with Crippen LogP contribution in [0.2, 0.25) is 0 Å². The van der Waals surface area contributed by atoms with E-state index >= 15 is 0 Å². The lowest BCUT2D eigenvalue weighted by Crippen LogP contribution is -2.57. The molecule has 2 aromatic carbocycles. The van der Waals surface area contributed by atoms with Gasteiger partial charge >= 0.3 is 12.1 Å². The zero-order valence-corrected chi connectivity index (χ0v) is 18.3. The number of fused-ring (bicyclic) bond motifs is 3. The number of rotatable bonds is 8. The van der Waals surface area contributed by atoms with E-state index in [1.54, 1.807) is 18.7 Å². The second-order valence-corrected chi connectivity index (χ2v) is 8.95. The van der Waals surface area contributed by atoms with Crippen molar-refractivity contribution >= 4 is 18.0 Å². The molecule has 1 fully saturated rings. The van der Waals surface area contributed by atoms with Gasteiger partial charge in [0.2, 0.25) is 5.91 Å². The highest BCUT2D eigenvalue weighted by Gasteiger charge is 2.41. The molecular formula is C25H28N2O5. The normalized spacial score (nSPS) is 14.9. The highest BCUT2D eigenvalue weighted by molar-refractivity contribution is 5.90. The number of carboxylic acid groups (broad SMARTS) is 1. The Hall–Kier alpha value is -3.35. The van der Waals surface area contributed by atoms with Gasteiger partial charge in [-0.25, -0.2) is 4.79 Å². The smallest absolute Gasteiger partial charge is 0.408 e. The third kappa shape index (κ3) is 4.47. The molecule has 0 aromatic heterocycles. The van der Waals surface area contributed by atoms with Crippen molar-refractivity contribution in [1.82, 2.24) is 10.2 Å². The molecule has 2 aliphatic carbocycles. The number of amides is 2. The Balaban J connectivity index is 1.40. The Morgan fingerprint density at radius 1 is 1.03 bits per heavy atom. The predicted octanol–water partition coefficient (Wildman–Crippen LogP) is 3.77. The predicted molar refractivity (Wildman–Crippen MR) is 119 cm³/mol. The second kappa shape index (κ2) is 8.65. The largest absolute Gasteiger partial charge is 0.481 e. The van der Waals surface area contributed by atoms with Crippen LogP contribution in [0.4, 0.5) is 4.79 Å². The summed E-state index contributed by atoms with van der Waals surface area (Å²) >= 11 is 0. The first-order chi connectivity index (χ1) is 15.3. The number of carboxylic acids is 1. The molecule has 32 heavy (non-hydrogen) atoms. The Bertz CT molecular complexity index is 999. The summed E-state index contributed by atoms with van der Waals surface area (Å²) in [7, 11) is 0. The summed E-state index contributed by atoms with van der Waals surface area (Å²) in [5.74, 6) is -1.31. The van der Waals surface area contributed by atoms with E-state index < -0.39 is 17.6 Å². The van der Waals surface area contributed by atoms with Crippen molar-refractivity contribution in [2.24, 2.45) is 0 Å². The molecular weight excluding hydrogens is 408 g/mol. The van der Waals surface area contributed by atoms with Crippen LogP contribution in [0.15, 0.2) is 48.5 Å². The fourth-order valence-corrected chi connectivity index (χ4v) is 4.35. The average Bonchev–Trinajstić information content (AvgIpc) is 3.54. The lowest BCUT2D eigenvalue weighted by Gasteiger charge is -2.32. The van der Waals surface area contributed by atoms with Crippen LogP contribution in [0, 0.1) is 0 Å². The molecule has 0 atom stereocenters. The quantitative estimate of drug-likeness (QED) is 0.657. The number of alkyl carbamates (subject to hydrolysis) is 1. The van der Waals surface area contributed by atoms with Gasteiger partial charge in [-0.2, -0.15) is 0 Å². The molecule has 0 heterocycles. The number of benzene rings is 2. The fourth-order valence-electron chi connectivity index (χ4n) is 4.35. The lowest BCUT2D eigenvalue weighted by atomic mass is 9.98. The minimum absolute atomic E-state index is 0.0467. The van der Waals surface area contributed by atoms with Gasteiger partial charge in [0.25, 0.3) is 0 Å². The molecule has 2 aromatic rings. The molecule has 0 saturated heterocycles. The van der Waals surface area contributed by atoms with E-state index in [1.807, 2.05) is 36.4 Å². The topological polar surface area (TPSA) is 95.9 Å². The molecule has 0 spiro atoms. The van der Waals surface area contributed by atoms with Crippen molar-refractivity contribution in [3.8, 4) is 11.1 Å². The number of hydrogen-bond acceptors (Lipinski definition) is 4. The van der Waals surface area contributed by atoms with Crippen molar-refractivity contribution in [1.29, 1.82) is 0 Å². The highest BCUT2D eigenvalue weighted by atomic mass is 16.5. The molecule has 0 bridgehead atoms. The summed E-state index contributed by atoms with van der Waals surface area (Å²) in [5, 5.41) is 11.7. The fraction of sp³-hybridized carbons (Fsp3) is 0.400. The van der Waals surface area contributed by atoms with Crippen molar-refractivity contribution in [2.75, 3.05) is 13.2 Å². The number of carbonyl (C=O) groups excluding carboxylic acids is 2. The molecule has 7 nitrogen and oxygen atoms in total. The Morgan fingerprint density at radius 2 is 1.59 bits per heavy atom. The third-order valence-corrected chi connectivity index (χ3v) is 6.11. The van der Waals surface area contributed by atoms with Gasteiger partial charge in [-0.3, -0.25) is 9.59 Å². The van der Waals surface area contributed by atoms with Gasteiger partial charge in [0.15, 0.2) is 0 Å². The van der Waals surface area contributed by atoms with Crippen LogP contribution in [-0.4, -0.2) is 52.7 Å². The number of carbonyl (C=O) groups is 3. The van der Waals surface area contributed by atoms with Crippen LogP contribution in [0.3, 0.4) is 0 Å². The number of nitrogens with one attached hydrogen (secondary N) is 1. The number of nitrogens with zero attached hydrogens (tertiary/aromatic N) is 1. The number of hydrogen-bond donors (Lipinski definition) is 2. The highest BCUT2D eigenvalue weighted by Crippen LogP contribution is 2.44. The minimum atomic E-state index is -1.20. The molecule has 0 radical (unpaired) electrons. The molecule has 0 unspecified atom stereocenters. The van der Waals surface area contributed by atoms with Gasteiger partial charge in [0, 0.05) is 18.5 Å². The van der Waals surface area contributed by atoms with Gasteiger partial charge in [0.1, 0.15) is 12.1 Å². The van der Waals surface area contributed by atoms with E-state index in [2.05, 4.69) is 17.4 Å². The standard InChI is InChI=1S/C25H28N2O5/c1-25(2,23(30)27(16-11-12-16)14-13-22(28)29)26-24(31)32-15-21-19-9-5-3-7-17(19)18-8-4-6-10-20(18)21/h3-10,16,21H,11-15H2,1-2H3,(H,26,31)(H,28,29). The Morgan fingerprint density at radius 3 is 2.12 bits per heavy atom. The zero-order chi connectivity index (χ0) is 22.9. The summed E-state index contributed by atoms with van der Waals surface area (Å²) in [6, 6.07) is 16.2. The maximum Gasteiger partial charge on any atom is 0.408 e.